The number of rotatable bonds is 3. The third kappa shape index (κ3) is 2.64. The number of para-hydroxylation sites is 1. The third-order valence-electron chi connectivity index (χ3n) is 4.61. The molecule has 27 heavy (non-hydrogen) atoms. The number of benzene rings is 2. The molecule has 2 aromatic carbocycles. The molecule has 0 unspecified atom stereocenters. The van der Waals surface area contributed by atoms with E-state index in [2.05, 4.69) is 37.1 Å². The summed E-state index contributed by atoms with van der Waals surface area (Å²) in [6, 6.07) is 14.5. The van der Waals surface area contributed by atoms with Crippen LogP contribution < -0.4 is 4.90 Å². The minimum atomic E-state index is -0.400. The zero-order valence-corrected chi connectivity index (χ0v) is 14.2. The largest absolute Gasteiger partial charge is 0.333 e. The number of nitrogens with zero attached hydrogens (tertiary/aromatic N) is 5. The summed E-state index contributed by atoms with van der Waals surface area (Å²) < 4.78 is 19.4. The summed E-state index contributed by atoms with van der Waals surface area (Å²) >= 11 is 0. The Morgan fingerprint density at radius 3 is 2.78 bits per heavy atom. The average molecular weight is 359 g/mol. The van der Waals surface area contributed by atoms with Crippen LogP contribution >= 0.6 is 0 Å². The monoisotopic (exact) mass is 359 g/mol. The Morgan fingerprint density at radius 1 is 1.00 bits per heavy atom. The van der Waals surface area contributed by atoms with Gasteiger partial charge in [-0.25, -0.2) is 14.4 Å². The SMILES string of the molecule is Fc1ccccc1-c1noc(-c2cncnc2N2CCc3ccccc32)n1. The van der Waals surface area contributed by atoms with Gasteiger partial charge in [-0.15, -0.1) is 0 Å². The lowest BCUT2D eigenvalue weighted by Crippen LogP contribution is -2.16. The fourth-order valence-corrected chi connectivity index (χ4v) is 3.33. The van der Waals surface area contributed by atoms with Crippen molar-refractivity contribution < 1.29 is 8.91 Å². The van der Waals surface area contributed by atoms with Crippen molar-refractivity contribution in [2.75, 3.05) is 11.4 Å². The number of halogens is 1. The number of hydrogen-bond donors (Lipinski definition) is 0. The van der Waals surface area contributed by atoms with Crippen LogP contribution in [0.4, 0.5) is 15.9 Å². The van der Waals surface area contributed by atoms with E-state index in [1.54, 1.807) is 24.4 Å². The highest BCUT2D eigenvalue weighted by Gasteiger charge is 2.26. The van der Waals surface area contributed by atoms with Gasteiger partial charge in [-0.05, 0) is 30.2 Å². The van der Waals surface area contributed by atoms with Gasteiger partial charge in [0.1, 0.15) is 23.5 Å². The van der Waals surface area contributed by atoms with Crippen molar-refractivity contribution in [2.45, 2.75) is 6.42 Å². The van der Waals surface area contributed by atoms with Crippen molar-refractivity contribution in [1.82, 2.24) is 20.1 Å². The first-order chi connectivity index (χ1) is 13.3. The quantitative estimate of drug-likeness (QED) is 0.550. The summed E-state index contributed by atoms with van der Waals surface area (Å²) in [5, 5.41) is 3.94. The van der Waals surface area contributed by atoms with E-state index in [4.69, 9.17) is 4.52 Å². The molecule has 1 aliphatic heterocycles. The van der Waals surface area contributed by atoms with E-state index in [0.29, 0.717) is 11.4 Å². The fourth-order valence-electron chi connectivity index (χ4n) is 3.33. The molecule has 0 spiro atoms. The lowest BCUT2D eigenvalue weighted by Gasteiger charge is -2.19. The second-order valence-electron chi connectivity index (χ2n) is 6.19. The first-order valence-corrected chi connectivity index (χ1v) is 8.56. The molecule has 0 aliphatic carbocycles. The number of hydrogen-bond acceptors (Lipinski definition) is 6. The molecule has 0 amide bonds. The molecule has 0 saturated heterocycles. The van der Waals surface area contributed by atoms with E-state index < -0.39 is 5.82 Å². The zero-order chi connectivity index (χ0) is 18.2. The second-order valence-corrected chi connectivity index (χ2v) is 6.19. The Labute approximate surface area is 154 Å². The van der Waals surface area contributed by atoms with Gasteiger partial charge in [-0.1, -0.05) is 35.5 Å². The topological polar surface area (TPSA) is 67.9 Å². The predicted octanol–water partition coefficient (Wildman–Crippen LogP) is 4.03. The maximum Gasteiger partial charge on any atom is 0.263 e. The molecule has 0 fully saturated rings. The van der Waals surface area contributed by atoms with Crippen LogP contribution in [0.25, 0.3) is 22.8 Å². The van der Waals surface area contributed by atoms with E-state index in [-0.39, 0.29) is 17.3 Å². The smallest absolute Gasteiger partial charge is 0.263 e. The standard InChI is InChI=1S/C20H14FN5O/c21-16-7-3-2-6-14(16)18-24-20(27-25-18)15-11-22-12-23-19(15)26-10-9-13-5-1-4-8-17(13)26/h1-8,11-12H,9-10H2. The van der Waals surface area contributed by atoms with Crippen molar-refractivity contribution in [3.63, 3.8) is 0 Å². The first kappa shape index (κ1) is 15.6. The molecule has 5 rings (SSSR count). The highest BCUT2D eigenvalue weighted by molar-refractivity contribution is 5.78. The van der Waals surface area contributed by atoms with Gasteiger partial charge in [0.25, 0.3) is 5.89 Å². The molecule has 0 saturated carbocycles. The van der Waals surface area contributed by atoms with E-state index in [9.17, 15) is 4.39 Å². The molecule has 132 valence electrons. The molecule has 7 heteroatoms. The zero-order valence-electron chi connectivity index (χ0n) is 14.2. The maximum absolute atomic E-state index is 14.0. The Morgan fingerprint density at radius 2 is 1.85 bits per heavy atom. The van der Waals surface area contributed by atoms with E-state index in [1.165, 1.54) is 18.0 Å². The fraction of sp³-hybridized carbons (Fsp3) is 0.100. The van der Waals surface area contributed by atoms with Crippen molar-refractivity contribution in [3.05, 3.63) is 72.4 Å². The van der Waals surface area contributed by atoms with Crippen molar-refractivity contribution in [3.8, 4) is 22.8 Å². The summed E-state index contributed by atoms with van der Waals surface area (Å²) in [4.78, 5) is 15.0. The summed E-state index contributed by atoms with van der Waals surface area (Å²) in [6.07, 6.45) is 4.07. The maximum atomic E-state index is 14.0. The normalized spacial score (nSPS) is 13.0. The van der Waals surface area contributed by atoms with Gasteiger partial charge < -0.3 is 9.42 Å². The van der Waals surface area contributed by atoms with Crippen LogP contribution in [-0.4, -0.2) is 26.7 Å². The molecule has 0 radical (unpaired) electrons. The summed E-state index contributed by atoms with van der Waals surface area (Å²) in [5.41, 5.74) is 3.27. The summed E-state index contributed by atoms with van der Waals surface area (Å²) in [5.74, 6) is 0.745. The van der Waals surface area contributed by atoms with E-state index in [1.807, 2.05) is 12.1 Å². The number of aromatic nitrogens is 4. The van der Waals surface area contributed by atoms with Gasteiger partial charge in [-0.2, -0.15) is 4.98 Å². The predicted molar refractivity (Wildman–Crippen MR) is 97.9 cm³/mol. The molecule has 6 nitrogen and oxygen atoms in total. The van der Waals surface area contributed by atoms with E-state index >= 15 is 0 Å². The average Bonchev–Trinajstić information content (AvgIpc) is 3.36. The highest BCUT2D eigenvalue weighted by Crippen LogP contribution is 2.38. The minimum Gasteiger partial charge on any atom is -0.333 e. The van der Waals surface area contributed by atoms with Gasteiger partial charge in [0.05, 0.1) is 5.56 Å². The van der Waals surface area contributed by atoms with Crippen molar-refractivity contribution >= 4 is 11.5 Å². The van der Waals surface area contributed by atoms with Gasteiger partial charge in [0, 0.05) is 18.4 Å². The Bertz CT molecular complexity index is 1130. The van der Waals surface area contributed by atoms with Gasteiger partial charge in [-0.3, -0.25) is 0 Å². The lowest BCUT2D eigenvalue weighted by atomic mass is 10.2. The van der Waals surface area contributed by atoms with Gasteiger partial charge in [0.15, 0.2) is 0 Å². The number of fused-ring (bicyclic) bond motifs is 1. The van der Waals surface area contributed by atoms with Crippen LogP contribution in [0.3, 0.4) is 0 Å². The van der Waals surface area contributed by atoms with Gasteiger partial charge in [0.2, 0.25) is 5.82 Å². The molecular weight excluding hydrogens is 345 g/mol. The van der Waals surface area contributed by atoms with Crippen LogP contribution in [0.1, 0.15) is 5.56 Å². The van der Waals surface area contributed by atoms with Crippen LogP contribution in [0.2, 0.25) is 0 Å². The molecule has 0 bridgehead atoms. The van der Waals surface area contributed by atoms with Crippen molar-refractivity contribution in [2.24, 2.45) is 0 Å². The third-order valence-corrected chi connectivity index (χ3v) is 4.61. The Kier molecular flexibility index (Phi) is 3.64. The molecule has 0 atom stereocenters. The van der Waals surface area contributed by atoms with Crippen LogP contribution in [-0.2, 0) is 6.42 Å². The lowest BCUT2D eigenvalue weighted by molar-refractivity contribution is 0.431. The molecule has 3 heterocycles. The molecule has 4 aromatic rings. The highest BCUT2D eigenvalue weighted by atomic mass is 19.1. The van der Waals surface area contributed by atoms with Crippen LogP contribution in [0, 0.1) is 5.82 Å². The second kappa shape index (κ2) is 6.28. The van der Waals surface area contributed by atoms with Crippen LogP contribution in [0.5, 0.6) is 0 Å². The first-order valence-electron chi connectivity index (χ1n) is 8.56. The molecular formula is C20H14FN5O. The minimum absolute atomic E-state index is 0.194. The molecule has 0 N–H and O–H groups in total. The van der Waals surface area contributed by atoms with Crippen molar-refractivity contribution in [1.29, 1.82) is 0 Å². The number of anilines is 2. The van der Waals surface area contributed by atoms with Crippen LogP contribution in [0.15, 0.2) is 65.6 Å². The molecule has 1 aliphatic rings. The summed E-state index contributed by atoms with van der Waals surface area (Å²) in [7, 11) is 0. The van der Waals surface area contributed by atoms with E-state index in [0.717, 1.165) is 18.7 Å². The Hall–Kier alpha value is -3.61. The Balaban J connectivity index is 1.58. The summed E-state index contributed by atoms with van der Waals surface area (Å²) in [6.45, 7) is 0.803. The van der Waals surface area contributed by atoms with Gasteiger partial charge >= 0.3 is 0 Å². The molecule has 2 aromatic heterocycles.